The van der Waals surface area contributed by atoms with Crippen LogP contribution in [0.4, 0.5) is 5.82 Å². The number of pyridine rings is 1. The molecule has 0 unspecified atom stereocenters. The molecule has 1 aromatic carbocycles. The number of amides is 1. The van der Waals surface area contributed by atoms with Crippen molar-refractivity contribution in [1.82, 2.24) is 24.9 Å². The Labute approximate surface area is 192 Å². The number of fused-ring (bicyclic) bond motifs is 1. The molecule has 1 aliphatic heterocycles. The molecule has 2 fully saturated rings. The molecule has 3 aromatic heterocycles. The molecule has 1 saturated heterocycles. The van der Waals surface area contributed by atoms with Crippen LogP contribution >= 0.6 is 0 Å². The predicted octanol–water partition coefficient (Wildman–Crippen LogP) is 4.07. The van der Waals surface area contributed by atoms with Gasteiger partial charge in [-0.25, -0.2) is 14.5 Å². The number of hydrogen-bond donors (Lipinski definition) is 1. The Balaban J connectivity index is 1.35. The van der Waals surface area contributed by atoms with Crippen molar-refractivity contribution in [3.8, 4) is 11.1 Å². The lowest BCUT2D eigenvalue weighted by Crippen LogP contribution is -2.49. The molecule has 166 valence electrons. The molecule has 33 heavy (non-hydrogen) atoms. The lowest BCUT2D eigenvalue weighted by Gasteiger charge is -2.35. The van der Waals surface area contributed by atoms with E-state index in [1.165, 1.54) is 18.4 Å². The Hall–Kier alpha value is -3.58. The maximum Gasteiger partial charge on any atom is 0.259 e. The number of nitrogens with one attached hydrogen (secondary N) is 1. The van der Waals surface area contributed by atoms with E-state index in [1.807, 2.05) is 53.7 Å². The SMILES string of the molecule is O=C(c1ccc(-c2cnn3cccnc23)cc1)N(c1ncccc1C1CC1)[C@@H]1CCCNC1. The zero-order valence-corrected chi connectivity index (χ0v) is 18.4. The lowest BCUT2D eigenvalue weighted by atomic mass is 10.0. The quantitative estimate of drug-likeness (QED) is 0.508. The van der Waals surface area contributed by atoms with Crippen molar-refractivity contribution < 1.29 is 4.79 Å². The Morgan fingerprint density at radius 1 is 1.03 bits per heavy atom. The van der Waals surface area contributed by atoms with Gasteiger partial charge in [0.05, 0.1) is 12.2 Å². The van der Waals surface area contributed by atoms with E-state index >= 15 is 0 Å². The summed E-state index contributed by atoms with van der Waals surface area (Å²) < 4.78 is 1.76. The number of aromatic nitrogens is 4. The first-order chi connectivity index (χ1) is 16.3. The molecule has 0 spiro atoms. The summed E-state index contributed by atoms with van der Waals surface area (Å²) in [6.07, 6.45) is 11.6. The molecule has 7 nitrogen and oxygen atoms in total. The van der Waals surface area contributed by atoms with Crippen molar-refractivity contribution in [1.29, 1.82) is 0 Å². The molecule has 1 atom stereocenters. The van der Waals surface area contributed by atoms with Gasteiger partial charge in [-0.3, -0.25) is 9.69 Å². The minimum absolute atomic E-state index is 0.00818. The smallest absolute Gasteiger partial charge is 0.259 e. The first kappa shape index (κ1) is 20.1. The third kappa shape index (κ3) is 3.78. The molecule has 0 bridgehead atoms. The Bertz CT molecular complexity index is 1290. The van der Waals surface area contributed by atoms with E-state index < -0.39 is 0 Å². The van der Waals surface area contributed by atoms with Crippen LogP contribution in [0.15, 0.2) is 67.3 Å². The van der Waals surface area contributed by atoms with Crippen LogP contribution < -0.4 is 10.2 Å². The summed E-state index contributed by atoms with van der Waals surface area (Å²) in [6.45, 7) is 1.79. The van der Waals surface area contributed by atoms with E-state index in [2.05, 4.69) is 21.5 Å². The highest BCUT2D eigenvalue weighted by Gasteiger charge is 2.34. The second-order valence-corrected chi connectivity index (χ2v) is 8.89. The van der Waals surface area contributed by atoms with Gasteiger partial charge in [-0.05, 0) is 73.5 Å². The van der Waals surface area contributed by atoms with Crippen LogP contribution in [0.2, 0.25) is 0 Å². The summed E-state index contributed by atoms with van der Waals surface area (Å²) in [4.78, 5) is 25.0. The Kier molecular flexibility index (Phi) is 5.11. The molecule has 1 amide bonds. The van der Waals surface area contributed by atoms with Gasteiger partial charge in [0.25, 0.3) is 5.91 Å². The Morgan fingerprint density at radius 3 is 2.67 bits per heavy atom. The normalized spacial score (nSPS) is 18.4. The van der Waals surface area contributed by atoms with Gasteiger partial charge in [0.2, 0.25) is 0 Å². The Morgan fingerprint density at radius 2 is 1.88 bits per heavy atom. The molecular weight excluding hydrogens is 412 g/mol. The molecular formula is C26H26N6O. The van der Waals surface area contributed by atoms with Gasteiger partial charge >= 0.3 is 0 Å². The maximum atomic E-state index is 13.9. The molecule has 4 heterocycles. The zero-order valence-electron chi connectivity index (χ0n) is 18.4. The van der Waals surface area contributed by atoms with Crippen molar-refractivity contribution in [3.05, 3.63) is 78.4 Å². The van der Waals surface area contributed by atoms with E-state index in [4.69, 9.17) is 4.98 Å². The van der Waals surface area contributed by atoms with Gasteiger partial charge < -0.3 is 5.32 Å². The van der Waals surface area contributed by atoms with Gasteiger partial charge in [0.15, 0.2) is 5.65 Å². The maximum absolute atomic E-state index is 13.9. The van der Waals surface area contributed by atoms with Crippen LogP contribution in [0.25, 0.3) is 16.8 Å². The largest absolute Gasteiger partial charge is 0.315 e. The van der Waals surface area contributed by atoms with Gasteiger partial charge in [0.1, 0.15) is 5.82 Å². The summed E-state index contributed by atoms with van der Waals surface area (Å²) in [7, 11) is 0. The topological polar surface area (TPSA) is 75.4 Å². The van der Waals surface area contributed by atoms with E-state index in [9.17, 15) is 4.79 Å². The van der Waals surface area contributed by atoms with E-state index in [1.54, 1.807) is 16.9 Å². The van der Waals surface area contributed by atoms with Crippen LogP contribution in [0.3, 0.4) is 0 Å². The number of nitrogens with zero attached hydrogens (tertiary/aromatic N) is 5. The van der Waals surface area contributed by atoms with Crippen LogP contribution in [0.1, 0.15) is 47.5 Å². The van der Waals surface area contributed by atoms with E-state index in [0.717, 1.165) is 48.5 Å². The summed E-state index contributed by atoms with van der Waals surface area (Å²) >= 11 is 0. The number of carbonyl (C=O) groups excluding carboxylic acids is 1. The van der Waals surface area contributed by atoms with Crippen molar-refractivity contribution >= 4 is 17.4 Å². The van der Waals surface area contributed by atoms with Gasteiger partial charge in [-0.2, -0.15) is 5.10 Å². The number of hydrogen-bond acceptors (Lipinski definition) is 5. The van der Waals surface area contributed by atoms with Gasteiger partial charge in [0, 0.05) is 36.3 Å². The standard InChI is InChI=1S/C26H26N6O/c33-26(20-10-8-19(9-11-20)23-17-30-31-15-3-14-28-24(23)31)32(21-4-1-12-27-16-21)25-22(18-6-7-18)5-2-13-29-25/h2-3,5,8-11,13-15,17-18,21,27H,1,4,6-7,12,16H2/t21-/m1/s1. The molecule has 0 radical (unpaired) electrons. The number of anilines is 1. The molecule has 2 aliphatic rings. The molecule has 1 saturated carbocycles. The van der Waals surface area contributed by atoms with Crippen LogP contribution in [0.5, 0.6) is 0 Å². The second kappa shape index (κ2) is 8.41. The average Bonchev–Trinajstić information content (AvgIpc) is 3.64. The van der Waals surface area contributed by atoms with Gasteiger partial charge in [-0.15, -0.1) is 0 Å². The van der Waals surface area contributed by atoms with Crippen LogP contribution in [-0.2, 0) is 0 Å². The van der Waals surface area contributed by atoms with Crippen molar-refractivity contribution in [2.45, 2.75) is 37.6 Å². The molecule has 1 N–H and O–H groups in total. The number of carbonyl (C=O) groups is 1. The fraction of sp³-hybridized carbons (Fsp3) is 0.308. The minimum atomic E-state index is 0.00818. The summed E-state index contributed by atoms with van der Waals surface area (Å²) in [6, 6.07) is 13.9. The predicted molar refractivity (Wildman–Crippen MR) is 127 cm³/mol. The van der Waals surface area contributed by atoms with Crippen molar-refractivity contribution in [3.63, 3.8) is 0 Å². The monoisotopic (exact) mass is 438 g/mol. The minimum Gasteiger partial charge on any atom is -0.315 e. The highest BCUT2D eigenvalue weighted by atomic mass is 16.2. The van der Waals surface area contributed by atoms with Crippen LogP contribution in [-0.4, -0.2) is 44.6 Å². The van der Waals surface area contributed by atoms with Crippen molar-refractivity contribution in [2.75, 3.05) is 18.0 Å². The summed E-state index contributed by atoms with van der Waals surface area (Å²) in [5.74, 6) is 1.36. The average molecular weight is 439 g/mol. The summed E-state index contributed by atoms with van der Waals surface area (Å²) in [5, 5.41) is 7.84. The van der Waals surface area contributed by atoms with Gasteiger partial charge in [-0.1, -0.05) is 18.2 Å². The first-order valence-corrected chi connectivity index (χ1v) is 11.7. The number of rotatable bonds is 5. The number of benzene rings is 1. The highest BCUT2D eigenvalue weighted by Crippen LogP contribution is 2.44. The fourth-order valence-corrected chi connectivity index (χ4v) is 4.77. The number of piperidine rings is 1. The van der Waals surface area contributed by atoms with E-state index in [0.29, 0.717) is 11.5 Å². The third-order valence-corrected chi connectivity index (χ3v) is 6.64. The lowest BCUT2D eigenvalue weighted by molar-refractivity contribution is 0.0971. The highest BCUT2D eigenvalue weighted by molar-refractivity contribution is 6.06. The van der Waals surface area contributed by atoms with Crippen LogP contribution in [0, 0.1) is 0 Å². The van der Waals surface area contributed by atoms with E-state index in [-0.39, 0.29) is 11.9 Å². The summed E-state index contributed by atoms with van der Waals surface area (Å²) in [5.41, 5.74) is 4.60. The molecule has 4 aromatic rings. The van der Waals surface area contributed by atoms with Crippen molar-refractivity contribution in [2.24, 2.45) is 0 Å². The molecule has 1 aliphatic carbocycles. The fourth-order valence-electron chi connectivity index (χ4n) is 4.77. The zero-order chi connectivity index (χ0) is 22.2. The molecule has 7 heteroatoms. The third-order valence-electron chi connectivity index (χ3n) is 6.64. The molecule has 6 rings (SSSR count). The second-order valence-electron chi connectivity index (χ2n) is 8.89. The first-order valence-electron chi connectivity index (χ1n) is 11.7.